The molecule has 0 spiro atoms. The normalized spacial score (nSPS) is 11.6. The van der Waals surface area contributed by atoms with Crippen LogP contribution in [0, 0.1) is 0 Å². The van der Waals surface area contributed by atoms with Crippen molar-refractivity contribution in [1.29, 1.82) is 0 Å². The molecule has 1 aromatic heterocycles. The molecule has 7 rings (SSSR count). The average molecular weight is 1210 g/mol. The Balaban J connectivity index is 0.00000420. The Morgan fingerprint density at radius 2 is 0.803 bits per heavy atom. The van der Waals surface area contributed by atoms with Gasteiger partial charge in [0.05, 0.1) is 9.79 Å². The molecule has 0 saturated carbocycles. The quantitative estimate of drug-likeness (QED) is 0.0311. The van der Waals surface area contributed by atoms with Crippen LogP contribution in [0.1, 0.15) is 0 Å². The maximum atomic E-state index is 12.4. The van der Waals surface area contributed by atoms with Crippen LogP contribution in [0.2, 0.25) is 5.28 Å². The Morgan fingerprint density at radius 3 is 1.13 bits per heavy atom. The van der Waals surface area contributed by atoms with Gasteiger partial charge in [-0.2, -0.15) is 48.6 Å². The monoisotopic (exact) mass is 1210 g/mol. The standard InChI is InChI=1S/C35H24ClN9O16S4.2Cu.4Na/c36-33-39-34(37-17-1-5-21-15(9-17)11-27(64(56,57)58)29(31(21)48)44-42-23-13-19(62(50,51)52)3-7-25(23)46)41-35(40-33)38-18-2-6-22-16(10-18)12-28(65(59,60)61)30(32(22)49)45-43-24-14-20(63(53,54)55)4-8-26(24)47;;;;;;/h1-14,46-49H,(H,50,51,52)(H,53,54,55)(H,56,57,58)(H,59,60,61)(H2,37,38,39,40,41);;;;;;/q;;;4*+1. The fraction of sp³-hybridized carbons (Fsp3) is 0. The van der Waals surface area contributed by atoms with Crippen molar-refractivity contribution < 1.29 is 225 Å². The van der Waals surface area contributed by atoms with Gasteiger partial charge in [0, 0.05) is 56.3 Å². The summed E-state index contributed by atoms with van der Waals surface area (Å²) >= 11 is 6.17. The molecule has 358 valence electrons. The number of phenols is 4. The summed E-state index contributed by atoms with van der Waals surface area (Å²) in [7, 11) is -19.8. The number of nitrogens with zero attached hydrogens (tertiary/aromatic N) is 7. The third-order valence-corrected chi connectivity index (χ3v) is 12.4. The first-order valence-electron chi connectivity index (χ1n) is 17.2. The zero-order valence-corrected chi connectivity index (χ0v) is 50.1. The zero-order chi connectivity index (χ0) is 47.4. The van der Waals surface area contributed by atoms with Crippen molar-refractivity contribution in [2.75, 3.05) is 10.6 Å². The predicted molar refractivity (Wildman–Crippen MR) is 226 cm³/mol. The van der Waals surface area contributed by atoms with Crippen LogP contribution >= 0.6 is 11.6 Å². The molecule has 0 aliphatic heterocycles. The summed E-state index contributed by atoms with van der Waals surface area (Å²) in [4.78, 5) is 8.92. The van der Waals surface area contributed by atoms with Gasteiger partial charge in [-0.05, 0) is 107 Å². The number of halogens is 1. The zero-order valence-electron chi connectivity index (χ0n) is 36.2. The van der Waals surface area contributed by atoms with E-state index in [1.807, 2.05) is 0 Å². The van der Waals surface area contributed by atoms with Crippen molar-refractivity contribution in [3.8, 4) is 23.0 Å². The van der Waals surface area contributed by atoms with Crippen molar-refractivity contribution in [1.82, 2.24) is 15.0 Å². The Bertz CT molecular complexity index is 3490. The second kappa shape index (κ2) is 26.0. The summed E-state index contributed by atoms with van der Waals surface area (Å²) in [5, 5.41) is 62.0. The molecule has 6 aromatic carbocycles. The Labute approximate surface area is 516 Å². The average Bonchev–Trinajstić information content (AvgIpc) is 3.19. The third-order valence-electron chi connectivity index (χ3n) is 8.78. The van der Waals surface area contributed by atoms with E-state index in [9.17, 15) is 72.3 Å². The SMILES string of the molecule is O=S(=O)(O)c1ccc(O)c(N=Nc2c(S(=O)(=O)O)cc3cc(Nc4nc(Cl)nc(Nc5ccc6c(O)c(N=Nc7cc(S(=O)(=O)O)ccc7O)c(S(=O)(=O)O)cc6c5)n4)ccc3c2O)c1.[Cu].[Cu].[Na+].[Na+].[Na+].[Na+]. The fourth-order valence-electron chi connectivity index (χ4n) is 5.86. The molecule has 0 unspecified atom stereocenters. The largest absolute Gasteiger partial charge is 1.00 e. The van der Waals surface area contributed by atoms with Crippen molar-refractivity contribution >= 4 is 120 Å². The molecule has 0 amide bonds. The number of phenolic OH excluding ortho intramolecular Hbond substituents is 4. The molecular weight excluding hydrogens is 1190 g/mol. The second-order valence-corrected chi connectivity index (χ2v) is 19.1. The van der Waals surface area contributed by atoms with Gasteiger partial charge in [0.1, 0.15) is 44.0 Å². The van der Waals surface area contributed by atoms with Crippen LogP contribution in [0.25, 0.3) is 21.5 Å². The topological polar surface area (TPSA) is 411 Å². The van der Waals surface area contributed by atoms with Crippen molar-refractivity contribution in [2.45, 2.75) is 19.6 Å². The van der Waals surface area contributed by atoms with Gasteiger partial charge in [0.25, 0.3) is 40.5 Å². The summed E-state index contributed by atoms with van der Waals surface area (Å²) < 4.78 is 135. The van der Waals surface area contributed by atoms with Crippen LogP contribution < -0.4 is 129 Å². The molecule has 10 N–H and O–H groups in total. The van der Waals surface area contributed by atoms with Crippen molar-refractivity contribution in [3.05, 3.63) is 90.2 Å². The van der Waals surface area contributed by atoms with E-state index < -0.39 is 106 Å². The number of aromatic hydroxyl groups is 4. The van der Waals surface area contributed by atoms with Crippen molar-refractivity contribution in [3.63, 3.8) is 0 Å². The number of hydrogen-bond donors (Lipinski definition) is 10. The number of benzene rings is 6. The smallest absolute Gasteiger partial charge is 0.506 e. The maximum Gasteiger partial charge on any atom is 1.00 e. The maximum absolute atomic E-state index is 12.4. The van der Waals surface area contributed by atoms with Gasteiger partial charge in [-0.1, -0.05) is 0 Å². The summed E-state index contributed by atoms with van der Waals surface area (Å²) in [5.74, 6) is -3.33. The Hall–Kier alpha value is -2.18. The molecular formula is C35H24ClCu2N9Na4O16S4+4. The van der Waals surface area contributed by atoms with Crippen LogP contribution in [0.5, 0.6) is 23.0 Å². The van der Waals surface area contributed by atoms with E-state index in [2.05, 4.69) is 46.0 Å². The molecule has 71 heavy (non-hydrogen) atoms. The Kier molecular flexibility index (Phi) is 24.5. The van der Waals surface area contributed by atoms with Gasteiger partial charge in [-0.25, -0.2) is 0 Å². The van der Waals surface area contributed by atoms with E-state index in [0.717, 1.165) is 36.4 Å². The van der Waals surface area contributed by atoms with E-state index in [0.29, 0.717) is 12.1 Å². The molecule has 0 fully saturated rings. The van der Waals surface area contributed by atoms with Crippen LogP contribution in [0.15, 0.2) is 125 Å². The minimum absolute atomic E-state index is 0. The van der Waals surface area contributed by atoms with Gasteiger partial charge in [-0.3, -0.25) is 18.2 Å². The fourth-order valence-corrected chi connectivity index (χ4v) is 8.34. The summed E-state index contributed by atoms with van der Waals surface area (Å²) in [6.45, 7) is 0. The van der Waals surface area contributed by atoms with E-state index in [1.54, 1.807) is 0 Å². The second-order valence-electron chi connectivity index (χ2n) is 13.1. The van der Waals surface area contributed by atoms with Crippen molar-refractivity contribution in [2.24, 2.45) is 20.5 Å². The van der Waals surface area contributed by atoms with Crippen LogP contribution in [0.4, 0.5) is 46.0 Å². The van der Waals surface area contributed by atoms with E-state index >= 15 is 0 Å². The van der Waals surface area contributed by atoms with Crippen LogP contribution in [0.3, 0.4) is 0 Å². The molecule has 7 aromatic rings. The third kappa shape index (κ3) is 15.9. The minimum Gasteiger partial charge on any atom is -0.506 e. The number of rotatable bonds is 12. The van der Waals surface area contributed by atoms with Gasteiger partial charge in [0.15, 0.2) is 11.5 Å². The molecule has 25 nitrogen and oxygen atoms in total. The van der Waals surface area contributed by atoms with Gasteiger partial charge in [0.2, 0.25) is 17.2 Å². The number of anilines is 4. The Morgan fingerprint density at radius 1 is 0.451 bits per heavy atom. The molecule has 0 bridgehead atoms. The number of nitrogens with one attached hydrogen (secondary N) is 2. The summed E-state index contributed by atoms with van der Waals surface area (Å²) in [5.41, 5.74) is -2.40. The predicted octanol–water partition coefficient (Wildman–Crippen LogP) is -5.03. The van der Waals surface area contributed by atoms with E-state index in [4.69, 9.17) is 11.6 Å². The van der Waals surface area contributed by atoms with Gasteiger partial charge < -0.3 is 31.1 Å². The molecule has 0 aliphatic carbocycles. The number of azo groups is 2. The van der Waals surface area contributed by atoms with Gasteiger partial charge >= 0.3 is 118 Å². The van der Waals surface area contributed by atoms with Crippen LogP contribution in [-0.4, -0.2) is 87.3 Å². The summed E-state index contributed by atoms with van der Waals surface area (Å²) in [6.07, 6.45) is 0. The first-order valence-corrected chi connectivity index (χ1v) is 23.3. The first-order chi connectivity index (χ1) is 30.3. The minimum atomic E-state index is -5.14. The molecule has 36 heteroatoms. The molecule has 0 aliphatic rings. The molecule has 1 heterocycles. The van der Waals surface area contributed by atoms with E-state index in [-0.39, 0.29) is 202 Å². The van der Waals surface area contributed by atoms with Gasteiger partial charge in [-0.15, -0.1) is 20.5 Å². The first kappa shape index (κ1) is 66.8. The molecule has 2 radical (unpaired) electrons. The van der Waals surface area contributed by atoms with E-state index in [1.165, 1.54) is 36.4 Å². The number of aromatic nitrogens is 3. The molecule has 0 saturated heterocycles. The summed E-state index contributed by atoms with van der Waals surface area (Å²) in [6, 6.07) is 14.6. The van der Waals surface area contributed by atoms with Crippen LogP contribution in [-0.2, 0) is 74.6 Å². The molecule has 0 atom stereocenters. The number of hydrogen-bond acceptors (Lipinski definition) is 21. The number of fused-ring (bicyclic) bond motifs is 2.